The standard InChI is InChI=1S/C79H93BN2O6S4/c1-11-15-19-23-27-59-48-71(92-74(59)58-29-31-61(32-30-58)82(62-33-37-64(38-34-62)87-41-25-21-17-13-3)63-35-39-65(40-36-63)88-42-26-22-18-14-4)75-60(28-24-20-16-12-2)47-69(90-75)70-50-68(76(91-70)77-81-51-66(89-77)49-67(78(83)84)79(85)86)80(72-54(7)43-52(5)44-55(72)8)73-56(9)45-53(6)46-57(73)10/h29-40,43-51H,11-28,41-42H2,1-10H3,(H,83,84)(H,85,86). The SMILES string of the molecule is CCCCCCOc1ccc(N(c2ccc(OCCCCCC)cc2)c2ccc(-c3sc(-c4sc(-c5cc(B(c6c(C)cc(C)cc6C)c6c(C)cc(C)cc6C)c(-c6ncc(C=C(C(=O)O)C(=O)O)s6)s5)cc4CCCCCC)cc3CCCCCC)cc2)cc1. The van der Waals surface area contributed by atoms with Gasteiger partial charge < -0.3 is 24.6 Å². The third kappa shape index (κ3) is 17.6. The molecule has 0 radical (unpaired) electrons. The van der Waals surface area contributed by atoms with Gasteiger partial charge >= 0.3 is 11.9 Å². The molecule has 9 aromatic rings. The molecule has 0 atom stereocenters. The molecule has 13 heteroatoms. The van der Waals surface area contributed by atoms with Crippen LogP contribution in [0.2, 0.25) is 0 Å². The minimum absolute atomic E-state index is 0.163. The van der Waals surface area contributed by atoms with Crippen molar-refractivity contribution in [2.45, 2.75) is 185 Å². The molecule has 0 spiro atoms. The zero-order valence-electron chi connectivity index (χ0n) is 55.9. The van der Waals surface area contributed by atoms with E-state index in [0.29, 0.717) is 4.88 Å². The predicted octanol–water partition coefficient (Wildman–Crippen LogP) is 21.5. The molecule has 4 heterocycles. The Morgan fingerprint density at radius 2 is 0.891 bits per heavy atom. The molecule has 0 bridgehead atoms. The molecule has 0 amide bonds. The maximum Gasteiger partial charge on any atom is 0.343 e. The summed E-state index contributed by atoms with van der Waals surface area (Å²) < 4.78 is 12.5. The van der Waals surface area contributed by atoms with E-state index in [-0.39, 0.29) is 6.71 Å². The third-order valence-electron chi connectivity index (χ3n) is 17.4. The van der Waals surface area contributed by atoms with Crippen molar-refractivity contribution in [3.8, 4) is 51.3 Å². The molecule has 0 aliphatic carbocycles. The summed E-state index contributed by atoms with van der Waals surface area (Å²) in [5.41, 5.74) is 17.4. The monoisotopic (exact) mass is 1300 g/mol. The molecule has 4 aromatic heterocycles. The first kappa shape index (κ1) is 69.3. The molecule has 0 saturated carbocycles. The lowest BCUT2D eigenvalue weighted by Gasteiger charge is -2.26. The molecular weight excluding hydrogens is 1210 g/mol. The highest BCUT2D eigenvalue weighted by Crippen LogP contribution is 2.48. The summed E-state index contributed by atoms with van der Waals surface area (Å²) in [6.45, 7) is 23.5. The number of carbonyl (C=O) groups is 2. The number of hydrogen-bond donors (Lipinski definition) is 2. The Bertz CT molecular complexity index is 3750. The van der Waals surface area contributed by atoms with Crippen molar-refractivity contribution in [3.63, 3.8) is 0 Å². The van der Waals surface area contributed by atoms with Gasteiger partial charge in [-0.1, -0.05) is 185 Å². The van der Waals surface area contributed by atoms with E-state index in [4.69, 9.17) is 14.5 Å². The van der Waals surface area contributed by atoms with Crippen LogP contribution in [0, 0.1) is 41.5 Å². The van der Waals surface area contributed by atoms with E-state index in [1.54, 1.807) is 17.5 Å². The number of aromatic nitrogens is 1. The minimum Gasteiger partial charge on any atom is -0.494 e. The molecule has 2 N–H and O–H groups in total. The highest BCUT2D eigenvalue weighted by atomic mass is 32.1. The zero-order valence-corrected chi connectivity index (χ0v) is 59.2. The summed E-state index contributed by atoms with van der Waals surface area (Å²) >= 11 is 6.88. The Hall–Kier alpha value is -7.03. The van der Waals surface area contributed by atoms with Crippen LogP contribution in [0.15, 0.2) is 127 Å². The Labute approximate surface area is 564 Å². The number of nitrogens with zero attached hydrogens (tertiary/aromatic N) is 2. The number of carboxylic acids is 2. The van der Waals surface area contributed by atoms with E-state index in [2.05, 4.69) is 189 Å². The van der Waals surface area contributed by atoms with E-state index in [0.717, 1.165) is 101 Å². The molecule has 0 saturated heterocycles. The van der Waals surface area contributed by atoms with E-state index in [1.165, 1.54) is 175 Å². The van der Waals surface area contributed by atoms with Crippen LogP contribution >= 0.6 is 45.3 Å². The van der Waals surface area contributed by atoms with Crippen molar-refractivity contribution in [2.75, 3.05) is 18.1 Å². The molecular formula is C79H93BN2O6S4. The number of thiophene rings is 3. The summed E-state index contributed by atoms with van der Waals surface area (Å²) in [4.78, 5) is 39.4. The largest absolute Gasteiger partial charge is 0.494 e. The van der Waals surface area contributed by atoms with Gasteiger partial charge in [0.1, 0.15) is 22.1 Å². The molecule has 482 valence electrons. The summed E-state index contributed by atoms with van der Waals surface area (Å²) in [5.74, 6) is -1.21. The second kappa shape index (κ2) is 33.7. The third-order valence-corrected chi connectivity index (χ3v) is 22.4. The van der Waals surface area contributed by atoms with Gasteiger partial charge in [0.2, 0.25) is 6.71 Å². The summed E-state index contributed by atoms with van der Waals surface area (Å²) in [6.07, 6.45) is 23.5. The summed E-state index contributed by atoms with van der Waals surface area (Å²) in [5, 5.41) is 20.5. The molecule has 8 nitrogen and oxygen atoms in total. The lowest BCUT2D eigenvalue weighted by molar-refractivity contribution is -0.140. The number of anilines is 3. The number of unbranched alkanes of at least 4 members (excludes halogenated alkanes) is 12. The van der Waals surface area contributed by atoms with Gasteiger partial charge in [0, 0.05) is 52.5 Å². The Morgan fingerprint density at radius 1 is 0.478 bits per heavy atom. The number of carboxylic acid groups (broad SMARTS) is 2. The number of thiazole rings is 1. The Kier molecular flexibility index (Phi) is 25.4. The number of aliphatic carboxylic acids is 2. The van der Waals surface area contributed by atoms with Gasteiger partial charge in [-0.05, 0) is 187 Å². The molecule has 0 aliphatic rings. The van der Waals surface area contributed by atoms with Gasteiger partial charge in [-0.25, -0.2) is 14.6 Å². The first-order valence-electron chi connectivity index (χ1n) is 33.6. The first-order chi connectivity index (χ1) is 44.6. The van der Waals surface area contributed by atoms with Crippen LogP contribution in [0.3, 0.4) is 0 Å². The highest BCUT2D eigenvalue weighted by molar-refractivity contribution is 7.30. The maximum absolute atomic E-state index is 12.2. The fraction of sp³-hybridized carbons (Fsp3) is 0.380. The second-order valence-electron chi connectivity index (χ2n) is 24.9. The van der Waals surface area contributed by atoms with Crippen molar-refractivity contribution < 1.29 is 29.3 Å². The second-order valence-corrected chi connectivity index (χ2v) is 29.1. The summed E-state index contributed by atoms with van der Waals surface area (Å²) in [6, 6.07) is 42.9. The number of rotatable bonds is 35. The summed E-state index contributed by atoms with van der Waals surface area (Å²) in [7, 11) is 0. The first-order valence-corrected chi connectivity index (χ1v) is 36.9. The predicted molar refractivity (Wildman–Crippen MR) is 396 cm³/mol. The van der Waals surface area contributed by atoms with E-state index in [9.17, 15) is 19.8 Å². The van der Waals surface area contributed by atoms with Gasteiger partial charge in [-0.2, -0.15) is 0 Å². The van der Waals surface area contributed by atoms with Crippen molar-refractivity contribution in [1.82, 2.24) is 4.98 Å². The van der Waals surface area contributed by atoms with Gasteiger partial charge in [-0.15, -0.1) is 45.3 Å². The molecule has 92 heavy (non-hydrogen) atoms. The fourth-order valence-electron chi connectivity index (χ4n) is 12.9. The molecule has 5 aromatic carbocycles. The Balaban J connectivity index is 1.15. The van der Waals surface area contributed by atoms with Crippen LogP contribution in [-0.2, 0) is 22.4 Å². The van der Waals surface area contributed by atoms with E-state index in [1.807, 2.05) is 22.7 Å². The fourth-order valence-corrected chi connectivity index (χ4v) is 17.7. The van der Waals surface area contributed by atoms with Crippen LogP contribution in [-0.4, -0.2) is 47.1 Å². The van der Waals surface area contributed by atoms with Gasteiger partial charge in [0.25, 0.3) is 0 Å². The van der Waals surface area contributed by atoms with Crippen LogP contribution in [0.4, 0.5) is 17.1 Å². The number of ether oxygens (including phenoxy) is 2. The topological polar surface area (TPSA) is 109 Å². The normalized spacial score (nSPS) is 11.3. The van der Waals surface area contributed by atoms with Gasteiger partial charge in [0.15, 0.2) is 0 Å². The number of hydrogen-bond acceptors (Lipinski definition) is 10. The van der Waals surface area contributed by atoms with Gasteiger partial charge in [-0.3, -0.25) is 0 Å². The zero-order chi connectivity index (χ0) is 65.3. The van der Waals surface area contributed by atoms with Crippen molar-refractivity contribution in [2.24, 2.45) is 0 Å². The van der Waals surface area contributed by atoms with E-state index >= 15 is 0 Å². The Morgan fingerprint density at radius 3 is 1.36 bits per heavy atom. The van der Waals surface area contributed by atoms with Crippen LogP contribution in [0.5, 0.6) is 11.5 Å². The molecule has 0 fully saturated rings. The number of benzene rings is 5. The quantitative estimate of drug-likeness (QED) is 0.0133. The average Bonchev–Trinajstić information content (AvgIpc) is 1.47. The lowest BCUT2D eigenvalue weighted by Crippen LogP contribution is -2.56. The number of aryl methyl sites for hydroxylation is 8. The molecule has 0 unspecified atom stereocenters. The maximum atomic E-state index is 12.2. The van der Waals surface area contributed by atoms with Crippen LogP contribution in [0.25, 0.3) is 45.9 Å². The van der Waals surface area contributed by atoms with Crippen molar-refractivity contribution in [3.05, 3.63) is 176 Å². The van der Waals surface area contributed by atoms with Crippen molar-refractivity contribution >= 4 is 104 Å². The minimum atomic E-state index is -1.49. The van der Waals surface area contributed by atoms with Gasteiger partial charge in [0.05, 0.1) is 18.1 Å². The van der Waals surface area contributed by atoms with E-state index < -0.39 is 17.5 Å². The molecule has 9 rings (SSSR count). The smallest absolute Gasteiger partial charge is 0.343 e. The van der Waals surface area contributed by atoms with Crippen LogP contribution in [0.1, 0.15) is 180 Å². The average molecular weight is 1310 g/mol. The highest BCUT2D eigenvalue weighted by Gasteiger charge is 2.34. The van der Waals surface area contributed by atoms with Crippen molar-refractivity contribution in [1.29, 1.82) is 0 Å². The molecule has 0 aliphatic heterocycles. The van der Waals surface area contributed by atoms with Crippen LogP contribution < -0.4 is 30.8 Å². The lowest BCUT2D eigenvalue weighted by atomic mass is 9.34.